The van der Waals surface area contributed by atoms with Crippen LogP contribution in [-0.4, -0.2) is 21.5 Å². The molecule has 82 valence electrons. The van der Waals surface area contributed by atoms with E-state index >= 15 is 0 Å². The lowest BCUT2D eigenvalue weighted by Crippen LogP contribution is -2.08. The van der Waals surface area contributed by atoms with Crippen LogP contribution in [-0.2, 0) is 16.0 Å². The third-order valence-electron chi connectivity index (χ3n) is 2.25. The van der Waals surface area contributed by atoms with Crippen molar-refractivity contribution in [3.05, 3.63) is 30.1 Å². The van der Waals surface area contributed by atoms with E-state index in [-0.39, 0.29) is 24.4 Å². The minimum Gasteiger partial charge on any atom is -0.342 e. The van der Waals surface area contributed by atoms with Gasteiger partial charge in [-0.25, -0.2) is 4.98 Å². The molecule has 0 aliphatic carbocycles. The Hall–Kier alpha value is -1.97. The number of imidazole rings is 1. The predicted molar refractivity (Wildman–Crippen MR) is 60.1 cm³/mol. The number of hydrogen-bond acceptors (Lipinski definition) is 3. The molecule has 1 aromatic heterocycles. The fourth-order valence-electron chi connectivity index (χ4n) is 1.62. The maximum atomic E-state index is 11.4. The number of carbonyl (C=O) groups excluding carboxylic acids is 2. The zero-order valence-corrected chi connectivity index (χ0v) is 8.99. The zero-order chi connectivity index (χ0) is 11.5. The van der Waals surface area contributed by atoms with Crippen LogP contribution in [0.15, 0.2) is 24.3 Å². The van der Waals surface area contributed by atoms with E-state index in [1.807, 2.05) is 24.3 Å². The maximum Gasteiger partial charge on any atom is 0.147 e. The van der Waals surface area contributed by atoms with E-state index in [1.54, 1.807) is 0 Å². The quantitative estimate of drug-likeness (QED) is 0.790. The first-order valence-electron chi connectivity index (χ1n) is 5.10. The van der Waals surface area contributed by atoms with Crippen LogP contribution in [0.3, 0.4) is 0 Å². The number of nitrogens with one attached hydrogen (secondary N) is 1. The van der Waals surface area contributed by atoms with Gasteiger partial charge in [-0.1, -0.05) is 12.1 Å². The van der Waals surface area contributed by atoms with E-state index in [9.17, 15) is 9.59 Å². The number of H-pyrrole nitrogens is 1. The van der Waals surface area contributed by atoms with Gasteiger partial charge in [0.05, 0.1) is 23.9 Å². The molecule has 4 heteroatoms. The third-order valence-corrected chi connectivity index (χ3v) is 2.25. The Bertz CT molecular complexity index is 510. The number of nitrogens with zero attached hydrogens (tertiary/aromatic N) is 1. The van der Waals surface area contributed by atoms with E-state index in [2.05, 4.69) is 9.97 Å². The van der Waals surface area contributed by atoms with Gasteiger partial charge >= 0.3 is 0 Å². The highest BCUT2D eigenvalue weighted by Crippen LogP contribution is 2.10. The van der Waals surface area contributed by atoms with E-state index in [4.69, 9.17) is 0 Å². The first kappa shape index (κ1) is 10.5. The van der Waals surface area contributed by atoms with Gasteiger partial charge in [-0.05, 0) is 19.1 Å². The second-order valence-corrected chi connectivity index (χ2v) is 3.79. The lowest BCUT2D eigenvalue weighted by atomic mass is 10.1. The number of hydrogen-bond donors (Lipinski definition) is 1. The molecule has 0 fully saturated rings. The van der Waals surface area contributed by atoms with Crippen molar-refractivity contribution in [1.82, 2.24) is 9.97 Å². The van der Waals surface area contributed by atoms with E-state index in [1.165, 1.54) is 6.92 Å². The molecule has 1 N–H and O–H groups in total. The molecule has 0 atom stereocenters. The Morgan fingerprint density at radius 2 is 2.06 bits per heavy atom. The maximum absolute atomic E-state index is 11.4. The van der Waals surface area contributed by atoms with Gasteiger partial charge in [-0.15, -0.1) is 0 Å². The largest absolute Gasteiger partial charge is 0.342 e. The number of aromatic amines is 1. The molecule has 0 aliphatic rings. The number of fused-ring (bicyclic) bond motifs is 1. The highest BCUT2D eigenvalue weighted by atomic mass is 16.1. The molecule has 1 aromatic carbocycles. The molecule has 16 heavy (non-hydrogen) atoms. The number of carbonyl (C=O) groups is 2. The molecule has 0 saturated heterocycles. The monoisotopic (exact) mass is 216 g/mol. The summed E-state index contributed by atoms with van der Waals surface area (Å²) in [7, 11) is 0. The third kappa shape index (κ3) is 2.34. The van der Waals surface area contributed by atoms with Crippen molar-refractivity contribution in [3.8, 4) is 0 Å². The molecule has 0 aliphatic heterocycles. The Morgan fingerprint density at radius 3 is 2.75 bits per heavy atom. The number of ketones is 2. The summed E-state index contributed by atoms with van der Waals surface area (Å²) < 4.78 is 0. The van der Waals surface area contributed by atoms with E-state index < -0.39 is 0 Å². The van der Waals surface area contributed by atoms with Gasteiger partial charge in [-0.2, -0.15) is 0 Å². The zero-order valence-electron chi connectivity index (χ0n) is 8.99. The molecule has 0 radical (unpaired) electrons. The van der Waals surface area contributed by atoms with Crippen molar-refractivity contribution in [2.75, 3.05) is 0 Å². The average molecular weight is 216 g/mol. The lowest BCUT2D eigenvalue weighted by Gasteiger charge is -1.93. The first-order valence-corrected chi connectivity index (χ1v) is 5.10. The normalized spacial score (nSPS) is 10.6. The highest BCUT2D eigenvalue weighted by Gasteiger charge is 2.09. The molecule has 0 spiro atoms. The van der Waals surface area contributed by atoms with Gasteiger partial charge in [0.1, 0.15) is 17.4 Å². The Morgan fingerprint density at radius 1 is 1.31 bits per heavy atom. The van der Waals surface area contributed by atoms with Crippen LogP contribution >= 0.6 is 0 Å². The van der Waals surface area contributed by atoms with Gasteiger partial charge in [0.15, 0.2) is 0 Å². The van der Waals surface area contributed by atoms with Crippen LogP contribution in [0.25, 0.3) is 11.0 Å². The van der Waals surface area contributed by atoms with Crippen molar-refractivity contribution < 1.29 is 9.59 Å². The number of aromatic nitrogens is 2. The summed E-state index contributed by atoms with van der Waals surface area (Å²) in [5, 5.41) is 0. The Balaban J connectivity index is 2.15. The first-order chi connectivity index (χ1) is 7.65. The van der Waals surface area contributed by atoms with Crippen LogP contribution in [0.2, 0.25) is 0 Å². The molecule has 4 nitrogen and oxygen atoms in total. The smallest absolute Gasteiger partial charge is 0.147 e. The van der Waals surface area contributed by atoms with Gasteiger partial charge in [-0.3, -0.25) is 9.59 Å². The molecule has 2 aromatic rings. The highest BCUT2D eigenvalue weighted by molar-refractivity contribution is 5.98. The fourth-order valence-corrected chi connectivity index (χ4v) is 1.62. The van der Waals surface area contributed by atoms with Crippen molar-refractivity contribution >= 4 is 22.6 Å². The van der Waals surface area contributed by atoms with Crippen molar-refractivity contribution in [2.45, 2.75) is 19.8 Å². The van der Waals surface area contributed by atoms with Crippen LogP contribution in [0.1, 0.15) is 19.2 Å². The topological polar surface area (TPSA) is 62.8 Å². The number of para-hydroxylation sites is 2. The summed E-state index contributed by atoms with van der Waals surface area (Å²) in [4.78, 5) is 29.5. The second-order valence-electron chi connectivity index (χ2n) is 3.79. The SMILES string of the molecule is CC(=O)CC(=O)Cc1nc2ccccc2[nH]1. The summed E-state index contributed by atoms with van der Waals surface area (Å²) >= 11 is 0. The molecule has 0 amide bonds. The van der Waals surface area contributed by atoms with Crippen molar-refractivity contribution in [2.24, 2.45) is 0 Å². The van der Waals surface area contributed by atoms with Gasteiger partial charge in [0.2, 0.25) is 0 Å². The van der Waals surface area contributed by atoms with Crippen molar-refractivity contribution in [3.63, 3.8) is 0 Å². The van der Waals surface area contributed by atoms with Gasteiger partial charge < -0.3 is 4.98 Å². The molecular formula is C12H12N2O2. The number of benzene rings is 1. The van der Waals surface area contributed by atoms with E-state index in [0.29, 0.717) is 5.82 Å². The van der Waals surface area contributed by atoms with Crippen LogP contribution in [0.5, 0.6) is 0 Å². The van der Waals surface area contributed by atoms with Crippen LogP contribution in [0.4, 0.5) is 0 Å². The average Bonchev–Trinajstić information content (AvgIpc) is 2.57. The standard InChI is InChI=1S/C12H12N2O2/c1-8(15)6-9(16)7-12-13-10-4-2-3-5-11(10)14-12/h2-5H,6-7H2,1H3,(H,13,14). The summed E-state index contributed by atoms with van der Waals surface area (Å²) in [6.45, 7) is 1.41. The molecule has 0 saturated carbocycles. The second kappa shape index (κ2) is 4.26. The fraction of sp³-hybridized carbons (Fsp3) is 0.250. The summed E-state index contributed by atoms with van der Waals surface area (Å²) in [5.74, 6) is 0.403. The number of rotatable bonds is 4. The molecule has 0 unspecified atom stereocenters. The minimum atomic E-state index is -0.110. The minimum absolute atomic E-state index is 0.0168. The summed E-state index contributed by atoms with van der Waals surface area (Å²) in [6, 6.07) is 7.58. The Labute approximate surface area is 92.7 Å². The van der Waals surface area contributed by atoms with Crippen molar-refractivity contribution in [1.29, 1.82) is 0 Å². The van der Waals surface area contributed by atoms with E-state index in [0.717, 1.165) is 11.0 Å². The summed E-state index contributed by atoms with van der Waals surface area (Å²) in [6.07, 6.45) is 0.172. The van der Waals surface area contributed by atoms with Gasteiger partial charge in [0, 0.05) is 0 Å². The molecular weight excluding hydrogens is 204 g/mol. The van der Waals surface area contributed by atoms with Gasteiger partial charge in [0.25, 0.3) is 0 Å². The lowest BCUT2D eigenvalue weighted by molar-refractivity contribution is -0.125. The number of Topliss-reactive ketones (excluding diaryl/α,β-unsaturated/α-hetero) is 2. The molecule has 1 heterocycles. The molecule has 0 bridgehead atoms. The summed E-state index contributed by atoms with van der Waals surface area (Å²) in [5.41, 5.74) is 1.75. The predicted octanol–water partition coefficient (Wildman–Crippen LogP) is 1.65. The molecule has 2 rings (SSSR count). The van der Waals surface area contributed by atoms with Crippen LogP contribution < -0.4 is 0 Å². The Kier molecular flexibility index (Phi) is 2.81. The van der Waals surface area contributed by atoms with Crippen LogP contribution in [0, 0.1) is 0 Å².